The molecule has 0 radical (unpaired) electrons. The first-order valence-electron chi connectivity index (χ1n) is 6.83. The van der Waals surface area contributed by atoms with Gasteiger partial charge in [0.15, 0.2) is 0 Å². The zero-order valence-electron chi connectivity index (χ0n) is 12.1. The van der Waals surface area contributed by atoms with Gasteiger partial charge in [-0.1, -0.05) is 18.2 Å². The molecule has 2 aromatic carbocycles. The lowest BCUT2D eigenvalue weighted by molar-refractivity contribution is 0.338. The molecule has 0 amide bonds. The molecule has 2 aromatic rings. The van der Waals surface area contributed by atoms with Gasteiger partial charge in [-0.15, -0.1) is 11.6 Å². The smallest absolute Gasteiger partial charge is 0.133 e. The summed E-state index contributed by atoms with van der Waals surface area (Å²) < 4.78 is 11.7. The van der Waals surface area contributed by atoms with Crippen LogP contribution in [-0.4, -0.2) is 13.7 Å². The van der Waals surface area contributed by atoms with Crippen LogP contribution in [0, 0.1) is 0 Å². The number of methoxy groups -OCH3 is 1. The summed E-state index contributed by atoms with van der Waals surface area (Å²) in [4.78, 5) is 0. The van der Waals surface area contributed by atoms with Crippen LogP contribution in [0.4, 0.5) is 0 Å². The van der Waals surface area contributed by atoms with E-state index in [9.17, 15) is 0 Å². The SMILES string of the molecule is CCOc1ccc(C(Cl)Cc2cccc(OC)c2)cc1Br. The number of hydrogen-bond acceptors (Lipinski definition) is 2. The molecule has 0 fully saturated rings. The van der Waals surface area contributed by atoms with Crippen molar-refractivity contribution < 1.29 is 9.47 Å². The first-order chi connectivity index (χ1) is 10.1. The van der Waals surface area contributed by atoms with Gasteiger partial charge in [-0.3, -0.25) is 0 Å². The molecule has 2 nitrogen and oxygen atoms in total. The van der Waals surface area contributed by atoms with Crippen molar-refractivity contribution in [3.8, 4) is 11.5 Å². The first kappa shape index (κ1) is 16.2. The Labute approximate surface area is 139 Å². The summed E-state index contributed by atoms with van der Waals surface area (Å²) in [7, 11) is 1.67. The summed E-state index contributed by atoms with van der Waals surface area (Å²) in [6.07, 6.45) is 0.749. The Balaban J connectivity index is 2.12. The molecule has 0 aliphatic rings. The lowest BCUT2D eigenvalue weighted by Gasteiger charge is -2.13. The van der Waals surface area contributed by atoms with E-state index in [1.54, 1.807) is 7.11 Å². The van der Waals surface area contributed by atoms with Crippen molar-refractivity contribution in [1.82, 2.24) is 0 Å². The highest BCUT2D eigenvalue weighted by atomic mass is 79.9. The van der Waals surface area contributed by atoms with Crippen LogP contribution >= 0.6 is 27.5 Å². The largest absolute Gasteiger partial charge is 0.497 e. The van der Waals surface area contributed by atoms with E-state index >= 15 is 0 Å². The molecule has 112 valence electrons. The van der Waals surface area contributed by atoms with Crippen LogP contribution in [0.3, 0.4) is 0 Å². The van der Waals surface area contributed by atoms with Gasteiger partial charge >= 0.3 is 0 Å². The maximum Gasteiger partial charge on any atom is 0.133 e. The Morgan fingerprint density at radius 3 is 2.67 bits per heavy atom. The van der Waals surface area contributed by atoms with Crippen molar-refractivity contribution in [3.63, 3.8) is 0 Å². The predicted octanol–water partition coefficient (Wildman–Crippen LogP) is 5.38. The molecule has 0 bridgehead atoms. The zero-order chi connectivity index (χ0) is 15.2. The third kappa shape index (κ3) is 4.39. The monoisotopic (exact) mass is 368 g/mol. The molecule has 0 aliphatic carbocycles. The normalized spacial score (nSPS) is 12.0. The van der Waals surface area contributed by atoms with E-state index in [2.05, 4.69) is 22.0 Å². The summed E-state index contributed by atoms with van der Waals surface area (Å²) in [6, 6.07) is 14.0. The van der Waals surface area contributed by atoms with E-state index in [0.717, 1.165) is 33.5 Å². The highest BCUT2D eigenvalue weighted by Crippen LogP contribution is 2.32. The fraction of sp³-hybridized carbons (Fsp3) is 0.294. The maximum atomic E-state index is 6.54. The standard InChI is InChI=1S/C17H18BrClO2/c1-3-21-17-8-7-13(11-15(17)18)16(19)10-12-5-4-6-14(9-12)20-2/h4-9,11,16H,3,10H2,1-2H3. The minimum absolute atomic E-state index is 0.0934. The van der Waals surface area contributed by atoms with E-state index in [4.69, 9.17) is 21.1 Å². The van der Waals surface area contributed by atoms with E-state index in [1.807, 2.05) is 43.3 Å². The molecular weight excluding hydrogens is 352 g/mol. The molecule has 0 saturated carbocycles. The second-order valence-electron chi connectivity index (χ2n) is 4.65. The fourth-order valence-electron chi connectivity index (χ4n) is 2.11. The van der Waals surface area contributed by atoms with E-state index in [1.165, 1.54) is 0 Å². The summed E-state index contributed by atoms with van der Waals surface area (Å²) in [6.45, 7) is 2.61. The van der Waals surface area contributed by atoms with Gasteiger partial charge in [-0.05, 0) is 64.7 Å². The number of hydrogen-bond donors (Lipinski definition) is 0. The molecule has 0 heterocycles. The van der Waals surface area contributed by atoms with Gasteiger partial charge in [0.05, 0.1) is 23.6 Å². The molecule has 0 saturated heterocycles. The molecule has 1 atom stereocenters. The molecule has 1 unspecified atom stereocenters. The summed E-state index contributed by atoms with van der Waals surface area (Å²) in [5, 5.41) is -0.0934. The number of halogens is 2. The third-order valence-corrected chi connectivity index (χ3v) is 4.19. The van der Waals surface area contributed by atoms with E-state index in [-0.39, 0.29) is 5.38 Å². The van der Waals surface area contributed by atoms with Crippen LogP contribution in [-0.2, 0) is 6.42 Å². The van der Waals surface area contributed by atoms with Crippen molar-refractivity contribution in [2.45, 2.75) is 18.7 Å². The lowest BCUT2D eigenvalue weighted by Crippen LogP contribution is -1.98. The Kier molecular flexibility index (Phi) is 5.95. The van der Waals surface area contributed by atoms with Gasteiger partial charge in [0.2, 0.25) is 0 Å². The minimum Gasteiger partial charge on any atom is -0.497 e. The fourth-order valence-corrected chi connectivity index (χ4v) is 2.93. The number of alkyl halides is 1. The molecule has 0 aromatic heterocycles. The van der Waals surface area contributed by atoms with Crippen LogP contribution in [0.15, 0.2) is 46.9 Å². The molecular formula is C17H18BrClO2. The lowest BCUT2D eigenvalue weighted by atomic mass is 10.0. The second kappa shape index (κ2) is 7.71. The molecule has 0 spiro atoms. The quantitative estimate of drug-likeness (QED) is 0.636. The predicted molar refractivity (Wildman–Crippen MR) is 90.6 cm³/mol. The van der Waals surface area contributed by atoms with Crippen molar-refractivity contribution >= 4 is 27.5 Å². The first-order valence-corrected chi connectivity index (χ1v) is 8.06. The zero-order valence-corrected chi connectivity index (χ0v) is 14.4. The Hall–Kier alpha value is -1.19. The van der Waals surface area contributed by atoms with Gasteiger partial charge < -0.3 is 9.47 Å². The summed E-state index contributed by atoms with van der Waals surface area (Å²) >= 11 is 10.1. The Morgan fingerprint density at radius 1 is 1.19 bits per heavy atom. The van der Waals surface area contributed by atoms with Crippen LogP contribution in [0.25, 0.3) is 0 Å². The number of rotatable bonds is 6. The van der Waals surface area contributed by atoms with Gasteiger partial charge in [0, 0.05) is 0 Å². The van der Waals surface area contributed by atoms with Crippen LogP contribution in [0.2, 0.25) is 0 Å². The minimum atomic E-state index is -0.0934. The van der Waals surface area contributed by atoms with Crippen molar-refractivity contribution in [3.05, 3.63) is 58.1 Å². The topological polar surface area (TPSA) is 18.5 Å². The Morgan fingerprint density at radius 2 is 2.00 bits per heavy atom. The highest BCUT2D eigenvalue weighted by Gasteiger charge is 2.12. The van der Waals surface area contributed by atoms with Gasteiger partial charge in [-0.25, -0.2) is 0 Å². The Bertz CT molecular complexity index is 601. The molecule has 0 aliphatic heterocycles. The summed E-state index contributed by atoms with van der Waals surface area (Å²) in [5.74, 6) is 1.69. The van der Waals surface area contributed by atoms with Crippen molar-refractivity contribution in [1.29, 1.82) is 0 Å². The molecule has 0 N–H and O–H groups in total. The maximum absolute atomic E-state index is 6.54. The molecule has 2 rings (SSSR count). The molecule has 4 heteroatoms. The van der Waals surface area contributed by atoms with E-state index < -0.39 is 0 Å². The van der Waals surface area contributed by atoms with Crippen LogP contribution in [0.5, 0.6) is 11.5 Å². The van der Waals surface area contributed by atoms with Gasteiger partial charge in [0.1, 0.15) is 11.5 Å². The third-order valence-electron chi connectivity index (χ3n) is 3.17. The van der Waals surface area contributed by atoms with Crippen LogP contribution in [0.1, 0.15) is 23.4 Å². The van der Waals surface area contributed by atoms with E-state index in [0.29, 0.717) is 6.61 Å². The van der Waals surface area contributed by atoms with Crippen molar-refractivity contribution in [2.75, 3.05) is 13.7 Å². The highest BCUT2D eigenvalue weighted by molar-refractivity contribution is 9.10. The second-order valence-corrected chi connectivity index (χ2v) is 6.03. The number of benzene rings is 2. The van der Waals surface area contributed by atoms with Gasteiger partial charge in [0.25, 0.3) is 0 Å². The average molecular weight is 370 g/mol. The number of ether oxygens (including phenoxy) is 2. The molecule has 21 heavy (non-hydrogen) atoms. The van der Waals surface area contributed by atoms with Crippen molar-refractivity contribution in [2.24, 2.45) is 0 Å². The van der Waals surface area contributed by atoms with Crippen LogP contribution < -0.4 is 9.47 Å². The summed E-state index contributed by atoms with van der Waals surface area (Å²) in [5.41, 5.74) is 2.22. The average Bonchev–Trinajstić information content (AvgIpc) is 2.49. The van der Waals surface area contributed by atoms with Gasteiger partial charge in [-0.2, -0.15) is 0 Å².